The largest absolute Gasteiger partial charge is 0.393 e. The zero-order chi connectivity index (χ0) is 30.7. The first kappa shape index (κ1) is 33.6. The molecule has 7 nitrogen and oxygen atoms in total. The first-order valence-electron chi connectivity index (χ1n) is 16.5. The van der Waals surface area contributed by atoms with Crippen LogP contribution in [0.25, 0.3) is 10.9 Å². The summed E-state index contributed by atoms with van der Waals surface area (Å²) in [4.78, 5) is 0. The highest BCUT2D eigenvalue weighted by Gasteiger charge is 2.57. The van der Waals surface area contributed by atoms with Crippen molar-refractivity contribution in [3.05, 3.63) is 71.4 Å². The van der Waals surface area contributed by atoms with Gasteiger partial charge in [-0.1, -0.05) is 89.4 Å². The van der Waals surface area contributed by atoms with Crippen molar-refractivity contribution in [2.45, 2.75) is 109 Å². The summed E-state index contributed by atoms with van der Waals surface area (Å²) < 4.78 is 28.6. The van der Waals surface area contributed by atoms with Crippen LogP contribution in [0, 0.1) is 0 Å². The second kappa shape index (κ2) is 16.7. The monoisotopic (exact) mass is 595 g/mol. The van der Waals surface area contributed by atoms with E-state index in [-0.39, 0.29) is 0 Å². The number of fused-ring (bicyclic) bond motifs is 1. The Kier molecular flexibility index (Phi) is 13.1. The van der Waals surface area contributed by atoms with E-state index in [2.05, 4.69) is 80.9 Å². The van der Waals surface area contributed by atoms with Crippen LogP contribution < -0.4 is 0 Å². The molecule has 1 aliphatic rings. The molecule has 2 aromatic carbocycles. The lowest BCUT2D eigenvalue weighted by atomic mass is 9.86. The molecule has 0 spiro atoms. The zero-order valence-electron chi connectivity index (χ0n) is 26.7. The van der Waals surface area contributed by atoms with E-state index in [0.717, 1.165) is 62.3 Å². The van der Waals surface area contributed by atoms with Gasteiger partial charge < -0.3 is 33.7 Å². The molecule has 43 heavy (non-hydrogen) atoms. The van der Waals surface area contributed by atoms with Gasteiger partial charge >= 0.3 is 0 Å². The molecule has 7 heteroatoms. The maximum absolute atomic E-state index is 10.8. The number of hydrogen-bond acceptors (Lipinski definition) is 6. The minimum atomic E-state index is -1.36. The highest BCUT2D eigenvalue weighted by molar-refractivity contribution is 5.84. The van der Waals surface area contributed by atoms with Crippen LogP contribution >= 0.6 is 0 Å². The Morgan fingerprint density at radius 1 is 0.744 bits per heavy atom. The third-order valence-electron chi connectivity index (χ3n) is 8.65. The van der Waals surface area contributed by atoms with Crippen LogP contribution in [0.3, 0.4) is 0 Å². The number of aromatic nitrogens is 1. The molecule has 0 amide bonds. The van der Waals surface area contributed by atoms with E-state index in [1.165, 1.54) is 16.7 Å². The van der Waals surface area contributed by atoms with E-state index in [1.54, 1.807) is 0 Å². The average Bonchev–Trinajstić information content (AvgIpc) is 3.40. The molecule has 1 aliphatic heterocycles. The zero-order valence-corrected chi connectivity index (χ0v) is 26.7. The molecule has 4 rings (SSSR count). The van der Waals surface area contributed by atoms with Crippen molar-refractivity contribution >= 4 is 10.9 Å². The molecule has 1 saturated heterocycles. The summed E-state index contributed by atoms with van der Waals surface area (Å²) >= 11 is 0. The van der Waals surface area contributed by atoms with Crippen molar-refractivity contribution in [2.24, 2.45) is 0 Å². The van der Waals surface area contributed by atoms with Gasteiger partial charge in [-0.2, -0.15) is 0 Å². The van der Waals surface area contributed by atoms with E-state index in [0.29, 0.717) is 19.8 Å². The van der Waals surface area contributed by atoms with E-state index in [9.17, 15) is 10.2 Å². The van der Waals surface area contributed by atoms with Crippen LogP contribution in [0.5, 0.6) is 0 Å². The minimum Gasteiger partial charge on any atom is -0.393 e. The molecule has 1 fully saturated rings. The van der Waals surface area contributed by atoms with Crippen LogP contribution in [0.2, 0.25) is 0 Å². The van der Waals surface area contributed by atoms with Gasteiger partial charge in [-0.15, -0.1) is 0 Å². The fraction of sp³-hybridized carbons (Fsp3) is 0.611. The first-order chi connectivity index (χ1) is 21.0. The molecule has 4 atom stereocenters. The average molecular weight is 596 g/mol. The number of rotatable bonds is 18. The molecule has 238 valence electrons. The summed E-state index contributed by atoms with van der Waals surface area (Å²) in [5.41, 5.74) is 3.40. The fourth-order valence-electron chi connectivity index (χ4n) is 5.96. The number of hydrogen-bond donors (Lipinski definition) is 2. The van der Waals surface area contributed by atoms with Gasteiger partial charge in [-0.05, 0) is 54.9 Å². The molecule has 0 radical (unpaired) electrons. The second-order valence-corrected chi connectivity index (χ2v) is 11.8. The number of aliphatic hydroxyl groups is 2. The quantitative estimate of drug-likeness (QED) is 0.161. The maximum atomic E-state index is 10.8. The van der Waals surface area contributed by atoms with Gasteiger partial charge in [0.2, 0.25) is 0 Å². The second-order valence-electron chi connectivity index (χ2n) is 11.8. The molecule has 1 unspecified atom stereocenters. The summed E-state index contributed by atoms with van der Waals surface area (Å²) in [6.45, 7) is 9.33. The molecule has 2 N–H and O–H groups in total. The van der Waals surface area contributed by atoms with Gasteiger partial charge in [0, 0.05) is 31.4 Å². The number of aryl methyl sites for hydroxylation is 1. The van der Waals surface area contributed by atoms with Gasteiger partial charge in [0.1, 0.15) is 23.9 Å². The number of para-hydroxylation sites is 1. The summed E-state index contributed by atoms with van der Waals surface area (Å²) in [7, 11) is 0. The van der Waals surface area contributed by atoms with Crippen molar-refractivity contribution in [1.82, 2.24) is 4.57 Å². The van der Waals surface area contributed by atoms with Gasteiger partial charge in [0.15, 0.2) is 6.23 Å². The van der Waals surface area contributed by atoms with E-state index < -0.39 is 43.4 Å². The molecule has 0 saturated carbocycles. The Morgan fingerprint density at radius 2 is 1.33 bits per heavy atom. The topological polar surface area (TPSA) is 82.3 Å². The normalized spacial score (nSPS) is 21.9. The van der Waals surface area contributed by atoms with Gasteiger partial charge in [-0.3, -0.25) is 0 Å². The van der Waals surface area contributed by atoms with Gasteiger partial charge in [0.05, 0.1) is 18.7 Å². The van der Waals surface area contributed by atoms with Crippen LogP contribution in [0.1, 0.15) is 89.1 Å². The van der Waals surface area contributed by atoms with Crippen molar-refractivity contribution in [3.8, 4) is 0 Å². The van der Waals surface area contributed by atoms with E-state index >= 15 is 0 Å². The summed E-state index contributed by atoms with van der Waals surface area (Å²) in [6.07, 6.45) is 7.19. The lowest BCUT2D eigenvalue weighted by molar-refractivity contribution is -0.327. The number of nitrogens with zero attached hydrogens (tertiary/aromatic N) is 1. The number of ether oxygens (including phenoxy) is 4. The van der Waals surface area contributed by atoms with E-state index in [4.69, 9.17) is 18.9 Å². The number of unbranched alkanes of at least 4 members (excludes halogenated alkanes) is 3. The SMILES string of the molecule is CCCCO[C@@H]1[C@@H](OCCCC)C(n2cc(Cc3ccc(CC)cc3)c3ccccc32)OC(CO)(CO)[C@H]1OCCCC. The molecule has 0 aliphatic carbocycles. The lowest BCUT2D eigenvalue weighted by Crippen LogP contribution is -2.67. The molecule has 1 aromatic heterocycles. The summed E-state index contributed by atoms with van der Waals surface area (Å²) in [5, 5.41) is 22.8. The van der Waals surface area contributed by atoms with Crippen LogP contribution in [0.4, 0.5) is 0 Å². The van der Waals surface area contributed by atoms with E-state index in [1.807, 2.05) is 6.07 Å². The fourth-order valence-corrected chi connectivity index (χ4v) is 5.96. The Hall–Kier alpha value is -2.26. The predicted molar refractivity (Wildman–Crippen MR) is 172 cm³/mol. The van der Waals surface area contributed by atoms with Crippen LogP contribution in [-0.2, 0) is 31.8 Å². The van der Waals surface area contributed by atoms with Gasteiger partial charge in [-0.25, -0.2) is 0 Å². The Morgan fingerprint density at radius 3 is 1.93 bits per heavy atom. The first-order valence-corrected chi connectivity index (χ1v) is 16.5. The Balaban J connectivity index is 1.80. The highest BCUT2D eigenvalue weighted by atomic mass is 16.6. The number of benzene rings is 2. The summed E-state index contributed by atoms with van der Waals surface area (Å²) in [6, 6.07) is 17.2. The molecular formula is C36H53NO6. The third-order valence-corrected chi connectivity index (χ3v) is 8.65. The smallest absolute Gasteiger partial charge is 0.164 e. The minimum absolute atomic E-state index is 0.401. The molecular weight excluding hydrogens is 542 g/mol. The van der Waals surface area contributed by atoms with Crippen molar-refractivity contribution in [3.63, 3.8) is 0 Å². The molecule has 2 heterocycles. The standard InChI is InChI=1S/C36H53NO6/c1-5-9-20-40-32-33(41-21-10-6-2)35(43-36(25-38,26-39)34(32)42-22-11-7-3)37-24-29(30-14-12-13-15-31(30)37)23-28-18-16-27(8-4)17-19-28/h12-19,24,32-35,38-39H,5-11,20-23,25-26H2,1-4H3/t32-,33-,34+,35?/m1/s1. The lowest BCUT2D eigenvalue weighted by Gasteiger charge is -2.52. The maximum Gasteiger partial charge on any atom is 0.164 e. The Bertz CT molecular complexity index is 1220. The van der Waals surface area contributed by atoms with Crippen LogP contribution in [0.15, 0.2) is 54.7 Å². The van der Waals surface area contributed by atoms with Crippen LogP contribution in [-0.4, -0.2) is 71.7 Å². The summed E-state index contributed by atoms with van der Waals surface area (Å²) in [5.74, 6) is 0. The molecule has 0 bridgehead atoms. The van der Waals surface area contributed by atoms with Crippen molar-refractivity contribution in [2.75, 3.05) is 33.0 Å². The Labute approximate surface area is 258 Å². The number of aliphatic hydroxyl groups excluding tert-OH is 2. The van der Waals surface area contributed by atoms with Gasteiger partial charge in [0.25, 0.3) is 0 Å². The van der Waals surface area contributed by atoms with Crippen molar-refractivity contribution < 1.29 is 29.2 Å². The third kappa shape index (κ3) is 7.88. The molecule has 3 aromatic rings. The highest BCUT2D eigenvalue weighted by Crippen LogP contribution is 2.42. The predicted octanol–water partition coefficient (Wildman–Crippen LogP) is 6.60. The van der Waals surface area contributed by atoms with Crippen molar-refractivity contribution in [1.29, 1.82) is 0 Å².